The summed E-state index contributed by atoms with van der Waals surface area (Å²) in [6.45, 7) is 5.93. The molecule has 0 aromatic carbocycles. The Morgan fingerprint density at radius 1 is 1.44 bits per heavy atom. The Morgan fingerprint density at radius 2 is 2.12 bits per heavy atom. The van der Waals surface area contributed by atoms with Gasteiger partial charge < -0.3 is 5.32 Å². The molecule has 0 spiro atoms. The summed E-state index contributed by atoms with van der Waals surface area (Å²) in [6, 6.07) is 3.80. The predicted octanol–water partition coefficient (Wildman–Crippen LogP) is 1.19. The van der Waals surface area contributed by atoms with Crippen LogP contribution in [0.2, 0.25) is 0 Å². The quantitative estimate of drug-likeness (QED) is 0.805. The Kier molecular flexibility index (Phi) is 3.01. The van der Waals surface area contributed by atoms with Crippen LogP contribution in [0.15, 0.2) is 24.5 Å². The van der Waals surface area contributed by atoms with Crippen LogP contribution in [0.1, 0.15) is 20.3 Å². The lowest BCUT2D eigenvalue weighted by Gasteiger charge is -2.31. The number of carbonyl (C=O) groups excluding carboxylic acids is 1. The Morgan fingerprint density at radius 3 is 2.62 bits per heavy atom. The van der Waals surface area contributed by atoms with E-state index in [0.29, 0.717) is 5.92 Å². The van der Waals surface area contributed by atoms with Crippen molar-refractivity contribution in [2.75, 3.05) is 18.5 Å². The van der Waals surface area contributed by atoms with Crippen LogP contribution in [-0.2, 0) is 4.79 Å². The number of hydrogen-bond donors (Lipinski definition) is 2. The van der Waals surface area contributed by atoms with Crippen molar-refractivity contribution < 1.29 is 4.79 Å². The lowest BCUT2D eigenvalue weighted by molar-refractivity contribution is -0.127. The molecule has 4 heteroatoms. The SMILES string of the molecule is CC(C)C1(C(=O)Nn2cccc2)CCNC1. The van der Waals surface area contributed by atoms with Crippen molar-refractivity contribution in [3.8, 4) is 0 Å². The number of hydrogen-bond acceptors (Lipinski definition) is 2. The van der Waals surface area contributed by atoms with E-state index >= 15 is 0 Å². The first kappa shape index (κ1) is 11.2. The second-order valence-electron chi connectivity index (χ2n) is 4.77. The zero-order valence-corrected chi connectivity index (χ0v) is 9.86. The molecule has 2 N–H and O–H groups in total. The molecule has 88 valence electrons. The largest absolute Gasteiger partial charge is 0.316 e. The minimum Gasteiger partial charge on any atom is -0.316 e. The molecule has 1 aliphatic heterocycles. The molecule has 1 unspecified atom stereocenters. The van der Waals surface area contributed by atoms with E-state index < -0.39 is 0 Å². The summed E-state index contributed by atoms with van der Waals surface area (Å²) in [7, 11) is 0. The summed E-state index contributed by atoms with van der Waals surface area (Å²) in [5.74, 6) is 0.460. The van der Waals surface area contributed by atoms with E-state index in [4.69, 9.17) is 0 Å². The summed E-state index contributed by atoms with van der Waals surface area (Å²) < 4.78 is 1.71. The summed E-state index contributed by atoms with van der Waals surface area (Å²) in [6.07, 6.45) is 4.60. The Bertz CT molecular complexity index is 350. The highest BCUT2D eigenvalue weighted by atomic mass is 16.2. The van der Waals surface area contributed by atoms with Gasteiger partial charge in [0.25, 0.3) is 0 Å². The first-order chi connectivity index (χ1) is 7.65. The third kappa shape index (κ3) is 1.85. The van der Waals surface area contributed by atoms with Gasteiger partial charge in [0.15, 0.2) is 0 Å². The van der Waals surface area contributed by atoms with Gasteiger partial charge in [-0.05, 0) is 31.0 Å². The zero-order chi connectivity index (χ0) is 11.6. The molecule has 1 amide bonds. The first-order valence-electron chi connectivity index (χ1n) is 5.80. The molecular weight excluding hydrogens is 202 g/mol. The molecule has 0 radical (unpaired) electrons. The Labute approximate surface area is 96.0 Å². The van der Waals surface area contributed by atoms with Crippen LogP contribution in [0.3, 0.4) is 0 Å². The van der Waals surface area contributed by atoms with E-state index in [2.05, 4.69) is 24.6 Å². The zero-order valence-electron chi connectivity index (χ0n) is 9.86. The average Bonchev–Trinajstić information content (AvgIpc) is 2.87. The standard InChI is InChI=1S/C12H19N3O/c1-10(2)12(5-6-13-9-12)11(16)14-15-7-3-4-8-15/h3-4,7-8,10,13H,5-6,9H2,1-2H3,(H,14,16). The maximum atomic E-state index is 12.3. The predicted molar refractivity (Wildman–Crippen MR) is 63.6 cm³/mol. The van der Waals surface area contributed by atoms with Gasteiger partial charge in [-0.2, -0.15) is 0 Å². The van der Waals surface area contributed by atoms with Crippen LogP contribution >= 0.6 is 0 Å². The number of aromatic nitrogens is 1. The van der Waals surface area contributed by atoms with Crippen LogP contribution in [0, 0.1) is 11.3 Å². The third-order valence-electron chi connectivity index (χ3n) is 3.58. The highest BCUT2D eigenvalue weighted by Gasteiger charge is 2.43. The monoisotopic (exact) mass is 221 g/mol. The van der Waals surface area contributed by atoms with Gasteiger partial charge in [-0.15, -0.1) is 0 Å². The molecular formula is C12H19N3O. The van der Waals surface area contributed by atoms with E-state index in [9.17, 15) is 4.79 Å². The van der Waals surface area contributed by atoms with E-state index in [1.165, 1.54) is 0 Å². The Balaban J connectivity index is 2.12. The molecule has 1 saturated heterocycles. The van der Waals surface area contributed by atoms with Crippen molar-refractivity contribution in [2.24, 2.45) is 11.3 Å². The van der Waals surface area contributed by atoms with Gasteiger partial charge in [-0.3, -0.25) is 14.9 Å². The van der Waals surface area contributed by atoms with Gasteiger partial charge >= 0.3 is 0 Å². The molecule has 1 aliphatic rings. The van der Waals surface area contributed by atoms with Crippen molar-refractivity contribution in [1.82, 2.24) is 9.99 Å². The topological polar surface area (TPSA) is 46.1 Å². The van der Waals surface area contributed by atoms with Gasteiger partial charge in [0.05, 0.1) is 5.41 Å². The molecule has 0 bridgehead atoms. The second-order valence-corrected chi connectivity index (χ2v) is 4.77. The first-order valence-corrected chi connectivity index (χ1v) is 5.80. The summed E-state index contributed by atoms with van der Waals surface area (Å²) in [4.78, 5) is 12.3. The van der Waals surface area contributed by atoms with Crippen molar-refractivity contribution in [3.63, 3.8) is 0 Å². The summed E-state index contributed by atoms with van der Waals surface area (Å²) >= 11 is 0. The fourth-order valence-electron chi connectivity index (χ4n) is 2.30. The van der Waals surface area contributed by atoms with Crippen LogP contribution < -0.4 is 10.7 Å². The lowest BCUT2D eigenvalue weighted by Crippen LogP contribution is -2.44. The average molecular weight is 221 g/mol. The number of carbonyl (C=O) groups is 1. The van der Waals surface area contributed by atoms with Crippen molar-refractivity contribution in [3.05, 3.63) is 24.5 Å². The molecule has 1 aromatic heterocycles. The van der Waals surface area contributed by atoms with Crippen molar-refractivity contribution in [1.29, 1.82) is 0 Å². The van der Waals surface area contributed by atoms with Crippen LogP contribution in [0.25, 0.3) is 0 Å². The van der Waals surface area contributed by atoms with E-state index in [1.807, 2.05) is 24.5 Å². The van der Waals surface area contributed by atoms with Crippen LogP contribution in [0.4, 0.5) is 0 Å². The number of rotatable bonds is 3. The lowest BCUT2D eigenvalue weighted by atomic mass is 9.76. The number of nitrogens with zero attached hydrogens (tertiary/aromatic N) is 1. The van der Waals surface area contributed by atoms with Gasteiger partial charge in [-0.1, -0.05) is 13.8 Å². The van der Waals surface area contributed by atoms with Gasteiger partial charge in [-0.25, -0.2) is 0 Å². The van der Waals surface area contributed by atoms with E-state index in [-0.39, 0.29) is 11.3 Å². The fraction of sp³-hybridized carbons (Fsp3) is 0.583. The number of amides is 1. The fourth-order valence-corrected chi connectivity index (χ4v) is 2.30. The molecule has 1 aromatic rings. The van der Waals surface area contributed by atoms with Gasteiger partial charge in [0, 0.05) is 18.9 Å². The third-order valence-corrected chi connectivity index (χ3v) is 3.58. The van der Waals surface area contributed by atoms with Crippen LogP contribution in [0.5, 0.6) is 0 Å². The molecule has 4 nitrogen and oxygen atoms in total. The normalized spacial score (nSPS) is 24.9. The molecule has 2 heterocycles. The summed E-state index contributed by atoms with van der Waals surface area (Å²) in [5, 5.41) is 3.28. The minimum absolute atomic E-state index is 0.115. The second kappa shape index (κ2) is 4.29. The molecule has 2 rings (SSSR count). The number of nitrogens with one attached hydrogen (secondary N) is 2. The van der Waals surface area contributed by atoms with Gasteiger partial charge in [0.1, 0.15) is 0 Å². The van der Waals surface area contributed by atoms with Gasteiger partial charge in [0.2, 0.25) is 5.91 Å². The maximum absolute atomic E-state index is 12.3. The molecule has 1 atom stereocenters. The minimum atomic E-state index is -0.260. The Hall–Kier alpha value is -1.29. The highest BCUT2D eigenvalue weighted by molar-refractivity contribution is 5.90. The maximum Gasteiger partial charge on any atom is 0.246 e. The van der Waals surface area contributed by atoms with Crippen LogP contribution in [-0.4, -0.2) is 23.7 Å². The molecule has 0 aliphatic carbocycles. The van der Waals surface area contributed by atoms with Crippen molar-refractivity contribution >= 4 is 5.91 Å². The van der Waals surface area contributed by atoms with E-state index in [0.717, 1.165) is 19.5 Å². The van der Waals surface area contributed by atoms with E-state index in [1.54, 1.807) is 4.68 Å². The molecule has 16 heavy (non-hydrogen) atoms. The molecule has 0 saturated carbocycles. The summed E-state index contributed by atoms with van der Waals surface area (Å²) in [5.41, 5.74) is 2.66. The molecule has 1 fully saturated rings. The highest BCUT2D eigenvalue weighted by Crippen LogP contribution is 2.34. The van der Waals surface area contributed by atoms with Crippen molar-refractivity contribution in [2.45, 2.75) is 20.3 Å². The smallest absolute Gasteiger partial charge is 0.246 e.